The molecule has 4 rings (SSSR count). The highest BCUT2D eigenvalue weighted by atomic mass is 16.2. The lowest BCUT2D eigenvalue weighted by Gasteiger charge is -2.34. The average Bonchev–Trinajstić information content (AvgIpc) is 3.04. The molecule has 1 fully saturated rings. The van der Waals surface area contributed by atoms with Crippen molar-refractivity contribution in [2.75, 3.05) is 26.2 Å². The summed E-state index contributed by atoms with van der Waals surface area (Å²) in [4.78, 5) is 29.4. The molecule has 5 nitrogen and oxygen atoms in total. The van der Waals surface area contributed by atoms with Crippen LogP contribution in [-0.4, -0.2) is 52.4 Å². The highest BCUT2D eigenvalue weighted by Crippen LogP contribution is 2.22. The van der Waals surface area contributed by atoms with Gasteiger partial charge in [-0.1, -0.05) is 35.9 Å². The van der Waals surface area contributed by atoms with Crippen molar-refractivity contribution in [1.82, 2.24) is 14.4 Å². The summed E-state index contributed by atoms with van der Waals surface area (Å²) < 4.78 is 1.99. The van der Waals surface area contributed by atoms with Gasteiger partial charge in [0.1, 0.15) is 0 Å². The number of hydrogen-bond acceptors (Lipinski definition) is 2. The fraction of sp³-hybridized carbons (Fsp3) is 0.273. The molecular weight excluding hydrogens is 338 g/mol. The van der Waals surface area contributed by atoms with E-state index in [1.807, 2.05) is 83.1 Å². The van der Waals surface area contributed by atoms with E-state index in [9.17, 15) is 9.59 Å². The van der Waals surface area contributed by atoms with Gasteiger partial charge in [0.2, 0.25) is 0 Å². The Bertz CT molecular complexity index is 1010. The minimum atomic E-state index is 0.0365. The minimum absolute atomic E-state index is 0.0365. The third kappa shape index (κ3) is 3.21. The zero-order valence-electron chi connectivity index (χ0n) is 15.7. The van der Waals surface area contributed by atoms with Crippen LogP contribution in [0.1, 0.15) is 26.3 Å². The summed E-state index contributed by atoms with van der Waals surface area (Å²) in [6, 6.07) is 15.6. The minimum Gasteiger partial charge on any atom is -0.350 e. The quantitative estimate of drug-likeness (QED) is 0.704. The van der Waals surface area contributed by atoms with Gasteiger partial charge in [-0.25, -0.2) is 0 Å². The Hall–Kier alpha value is -3.08. The summed E-state index contributed by atoms with van der Waals surface area (Å²) in [5.74, 6) is 0.0745. The number of aromatic nitrogens is 1. The topological polar surface area (TPSA) is 45.6 Å². The van der Waals surface area contributed by atoms with E-state index in [0.29, 0.717) is 31.7 Å². The zero-order chi connectivity index (χ0) is 19.0. The van der Waals surface area contributed by atoms with Crippen molar-refractivity contribution in [2.24, 2.45) is 7.05 Å². The molecule has 0 N–H and O–H groups in total. The van der Waals surface area contributed by atoms with Crippen LogP contribution in [0.25, 0.3) is 10.9 Å². The highest BCUT2D eigenvalue weighted by Gasteiger charge is 2.27. The number of nitrogens with zero attached hydrogens (tertiary/aromatic N) is 3. The molecule has 3 aromatic rings. The Balaban J connectivity index is 1.47. The van der Waals surface area contributed by atoms with Crippen molar-refractivity contribution in [1.29, 1.82) is 0 Å². The van der Waals surface area contributed by atoms with Crippen molar-refractivity contribution in [3.05, 3.63) is 71.4 Å². The third-order valence-electron chi connectivity index (χ3n) is 5.25. The first kappa shape index (κ1) is 17.3. The van der Waals surface area contributed by atoms with Crippen LogP contribution < -0.4 is 0 Å². The van der Waals surface area contributed by atoms with Crippen LogP contribution in [-0.2, 0) is 7.05 Å². The van der Waals surface area contributed by atoms with Crippen molar-refractivity contribution in [3.63, 3.8) is 0 Å². The molecular formula is C22H23N3O2. The van der Waals surface area contributed by atoms with Gasteiger partial charge < -0.3 is 14.4 Å². The SMILES string of the molecule is Cc1cccc(C(=O)N2CCN(C(=O)c3cn(C)c4ccccc34)CC2)c1. The average molecular weight is 361 g/mol. The first-order valence-electron chi connectivity index (χ1n) is 9.24. The molecule has 5 heteroatoms. The molecule has 1 aliphatic rings. The number of aryl methyl sites for hydroxylation is 2. The Morgan fingerprint density at radius 2 is 1.52 bits per heavy atom. The number of hydrogen-bond donors (Lipinski definition) is 0. The van der Waals surface area contributed by atoms with Gasteiger partial charge >= 0.3 is 0 Å². The van der Waals surface area contributed by atoms with Gasteiger partial charge in [-0.3, -0.25) is 9.59 Å². The standard InChI is InChI=1S/C22H23N3O2/c1-16-6-5-7-17(14-16)21(26)24-10-12-25(13-11-24)22(27)19-15-23(2)20-9-4-3-8-18(19)20/h3-9,14-15H,10-13H2,1-2H3. The van der Waals surface area contributed by atoms with E-state index < -0.39 is 0 Å². The van der Waals surface area contributed by atoms with E-state index in [1.54, 1.807) is 0 Å². The van der Waals surface area contributed by atoms with Crippen LogP contribution in [0.3, 0.4) is 0 Å². The summed E-state index contributed by atoms with van der Waals surface area (Å²) >= 11 is 0. The fourth-order valence-electron chi connectivity index (χ4n) is 3.76. The van der Waals surface area contributed by atoms with Gasteiger partial charge in [0, 0.05) is 55.9 Å². The van der Waals surface area contributed by atoms with Crippen molar-refractivity contribution in [2.45, 2.75) is 6.92 Å². The summed E-state index contributed by atoms with van der Waals surface area (Å²) in [5, 5.41) is 0.975. The van der Waals surface area contributed by atoms with E-state index in [0.717, 1.165) is 22.0 Å². The lowest BCUT2D eigenvalue weighted by molar-refractivity contribution is 0.0536. The summed E-state index contributed by atoms with van der Waals surface area (Å²) in [6.45, 7) is 4.21. The van der Waals surface area contributed by atoms with Crippen molar-refractivity contribution in [3.8, 4) is 0 Å². The Morgan fingerprint density at radius 1 is 0.852 bits per heavy atom. The number of carbonyl (C=O) groups is 2. The maximum Gasteiger partial charge on any atom is 0.256 e. The molecule has 0 atom stereocenters. The van der Waals surface area contributed by atoms with Gasteiger partial charge in [0.25, 0.3) is 11.8 Å². The molecule has 1 aliphatic heterocycles. The predicted molar refractivity (Wildman–Crippen MR) is 106 cm³/mol. The number of amides is 2. The number of carbonyl (C=O) groups excluding carboxylic acids is 2. The predicted octanol–water partition coefficient (Wildman–Crippen LogP) is 3.08. The first-order chi connectivity index (χ1) is 13.0. The maximum atomic E-state index is 13.0. The lowest BCUT2D eigenvalue weighted by Crippen LogP contribution is -2.50. The lowest BCUT2D eigenvalue weighted by atomic mass is 10.1. The number of rotatable bonds is 2. The van der Waals surface area contributed by atoms with Crippen LogP contribution >= 0.6 is 0 Å². The van der Waals surface area contributed by atoms with Crippen LogP contribution in [0, 0.1) is 6.92 Å². The molecule has 0 aliphatic carbocycles. The Kier molecular flexibility index (Phi) is 4.44. The largest absolute Gasteiger partial charge is 0.350 e. The molecule has 1 saturated heterocycles. The van der Waals surface area contributed by atoms with Crippen LogP contribution in [0.15, 0.2) is 54.7 Å². The zero-order valence-corrected chi connectivity index (χ0v) is 15.7. The number of benzene rings is 2. The Labute approximate surface area is 158 Å². The highest BCUT2D eigenvalue weighted by molar-refractivity contribution is 6.07. The molecule has 138 valence electrons. The number of fused-ring (bicyclic) bond motifs is 1. The van der Waals surface area contributed by atoms with Crippen molar-refractivity contribution >= 4 is 22.7 Å². The number of para-hydroxylation sites is 1. The van der Waals surface area contributed by atoms with Crippen LogP contribution in [0.2, 0.25) is 0 Å². The molecule has 2 amide bonds. The summed E-state index contributed by atoms with van der Waals surface area (Å²) in [7, 11) is 1.96. The van der Waals surface area contributed by atoms with Crippen LogP contribution in [0.4, 0.5) is 0 Å². The second-order valence-corrected chi connectivity index (χ2v) is 7.12. The molecule has 2 aromatic carbocycles. The van der Waals surface area contributed by atoms with Gasteiger partial charge in [-0.15, -0.1) is 0 Å². The van der Waals surface area contributed by atoms with Crippen LogP contribution in [0.5, 0.6) is 0 Å². The van der Waals surface area contributed by atoms with E-state index in [1.165, 1.54) is 0 Å². The van der Waals surface area contributed by atoms with Gasteiger partial charge in [-0.05, 0) is 25.1 Å². The second kappa shape index (κ2) is 6.91. The summed E-state index contributed by atoms with van der Waals surface area (Å²) in [6.07, 6.45) is 1.90. The van der Waals surface area contributed by atoms with E-state index in [2.05, 4.69) is 0 Å². The molecule has 0 radical (unpaired) electrons. The molecule has 0 bridgehead atoms. The van der Waals surface area contributed by atoms with Crippen molar-refractivity contribution < 1.29 is 9.59 Å². The molecule has 1 aromatic heterocycles. The smallest absolute Gasteiger partial charge is 0.256 e. The van der Waals surface area contributed by atoms with E-state index in [4.69, 9.17) is 0 Å². The third-order valence-corrected chi connectivity index (χ3v) is 5.25. The van der Waals surface area contributed by atoms with E-state index in [-0.39, 0.29) is 11.8 Å². The van der Waals surface area contributed by atoms with Gasteiger partial charge in [0.05, 0.1) is 5.56 Å². The molecule has 0 spiro atoms. The molecule has 0 saturated carbocycles. The molecule has 27 heavy (non-hydrogen) atoms. The molecule has 0 unspecified atom stereocenters. The van der Waals surface area contributed by atoms with Gasteiger partial charge in [0.15, 0.2) is 0 Å². The second-order valence-electron chi connectivity index (χ2n) is 7.12. The molecule has 2 heterocycles. The summed E-state index contributed by atoms with van der Waals surface area (Å²) in [5.41, 5.74) is 3.56. The maximum absolute atomic E-state index is 13.0. The van der Waals surface area contributed by atoms with E-state index >= 15 is 0 Å². The fourth-order valence-corrected chi connectivity index (χ4v) is 3.76. The normalized spacial score (nSPS) is 14.6. The Morgan fingerprint density at radius 3 is 2.22 bits per heavy atom. The number of piperazine rings is 1. The first-order valence-corrected chi connectivity index (χ1v) is 9.24. The monoisotopic (exact) mass is 361 g/mol. The van der Waals surface area contributed by atoms with Gasteiger partial charge in [-0.2, -0.15) is 0 Å².